The van der Waals surface area contributed by atoms with Crippen molar-refractivity contribution in [2.75, 3.05) is 13.1 Å². The topological polar surface area (TPSA) is 32.3 Å². The molecule has 0 aromatic heterocycles. The number of carbonyl (C=O) groups excluding carboxylic acids is 1. The van der Waals surface area contributed by atoms with Gasteiger partial charge in [0.15, 0.2) is 0 Å². The SMILES string of the molecule is Cc1ccc(C2C3=C(CCN2C(=O)CCc2ccccc2)C(C)/C=C(Br)\C=C/CN3)cc1. The van der Waals surface area contributed by atoms with Gasteiger partial charge in [0.1, 0.15) is 0 Å². The molecule has 2 aromatic rings. The van der Waals surface area contributed by atoms with Gasteiger partial charge in [-0.2, -0.15) is 0 Å². The van der Waals surface area contributed by atoms with Crippen LogP contribution in [0.25, 0.3) is 0 Å². The van der Waals surface area contributed by atoms with E-state index in [4.69, 9.17) is 0 Å². The minimum absolute atomic E-state index is 0.0799. The van der Waals surface area contributed by atoms with Crippen LogP contribution in [0.2, 0.25) is 0 Å². The number of benzene rings is 2. The largest absolute Gasteiger partial charge is 0.383 e. The van der Waals surface area contributed by atoms with Crippen LogP contribution >= 0.6 is 15.9 Å². The maximum Gasteiger partial charge on any atom is 0.223 e. The number of hydrogen-bond donors (Lipinski definition) is 1. The zero-order valence-corrected chi connectivity index (χ0v) is 20.4. The molecule has 0 saturated carbocycles. The monoisotopic (exact) mass is 490 g/mol. The van der Waals surface area contributed by atoms with Gasteiger partial charge in [0.05, 0.1) is 6.04 Å². The van der Waals surface area contributed by atoms with Crippen molar-refractivity contribution in [3.05, 3.63) is 105 Å². The van der Waals surface area contributed by atoms with Gasteiger partial charge in [-0.1, -0.05) is 101 Å². The number of nitrogens with one attached hydrogen (secondary N) is 1. The molecule has 2 aliphatic rings. The second-order valence-corrected chi connectivity index (χ2v) is 9.61. The van der Waals surface area contributed by atoms with Crippen LogP contribution in [0.1, 0.15) is 42.5 Å². The number of carbonyl (C=O) groups is 1. The minimum Gasteiger partial charge on any atom is -0.383 e. The molecule has 0 saturated heterocycles. The van der Waals surface area contributed by atoms with E-state index in [1.54, 1.807) is 0 Å². The molecule has 2 aliphatic heterocycles. The first-order chi connectivity index (χ1) is 15.5. The predicted octanol–water partition coefficient (Wildman–Crippen LogP) is 6.23. The van der Waals surface area contributed by atoms with Crippen molar-refractivity contribution in [1.82, 2.24) is 10.2 Å². The Morgan fingerprint density at radius 1 is 1.12 bits per heavy atom. The molecule has 166 valence electrons. The number of nitrogens with zero attached hydrogens (tertiary/aromatic N) is 1. The molecule has 0 fully saturated rings. The maximum atomic E-state index is 13.5. The van der Waals surface area contributed by atoms with E-state index in [0.717, 1.165) is 30.4 Å². The van der Waals surface area contributed by atoms with Crippen molar-refractivity contribution in [3.8, 4) is 0 Å². The van der Waals surface area contributed by atoms with Crippen LogP contribution in [0.3, 0.4) is 0 Å². The molecule has 3 nitrogen and oxygen atoms in total. The molecule has 0 bridgehead atoms. The van der Waals surface area contributed by atoms with Gasteiger partial charge in [0.25, 0.3) is 0 Å². The molecule has 2 heterocycles. The average Bonchev–Trinajstić information content (AvgIpc) is 2.87. The normalized spacial score (nSPS) is 23.7. The highest BCUT2D eigenvalue weighted by Gasteiger charge is 2.35. The van der Waals surface area contributed by atoms with E-state index in [0.29, 0.717) is 12.3 Å². The van der Waals surface area contributed by atoms with Gasteiger partial charge in [-0.3, -0.25) is 4.79 Å². The van der Waals surface area contributed by atoms with Crippen molar-refractivity contribution in [1.29, 1.82) is 0 Å². The van der Waals surface area contributed by atoms with E-state index in [-0.39, 0.29) is 11.9 Å². The van der Waals surface area contributed by atoms with Crippen LogP contribution in [0.15, 0.2) is 88.6 Å². The molecule has 0 aliphatic carbocycles. The smallest absolute Gasteiger partial charge is 0.223 e. The van der Waals surface area contributed by atoms with Crippen LogP contribution in [0.4, 0.5) is 0 Å². The molecule has 0 spiro atoms. The fraction of sp³-hybridized carbons (Fsp3) is 0.321. The van der Waals surface area contributed by atoms with Gasteiger partial charge in [0.2, 0.25) is 5.91 Å². The molecule has 2 atom stereocenters. The molecule has 4 rings (SSSR count). The number of hydrogen-bond acceptors (Lipinski definition) is 2. The van der Waals surface area contributed by atoms with Crippen molar-refractivity contribution < 1.29 is 4.79 Å². The first-order valence-corrected chi connectivity index (χ1v) is 12.2. The highest BCUT2D eigenvalue weighted by atomic mass is 79.9. The summed E-state index contributed by atoms with van der Waals surface area (Å²) in [5.41, 5.74) is 6.18. The Morgan fingerprint density at radius 3 is 2.62 bits per heavy atom. The Labute approximate surface area is 200 Å². The summed E-state index contributed by atoms with van der Waals surface area (Å²) in [6.07, 6.45) is 8.68. The number of allylic oxidation sites excluding steroid dienone is 3. The molecule has 1 amide bonds. The summed E-state index contributed by atoms with van der Waals surface area (Å²) in [6.45, 7) is 5.83. The fourth-order valence-electron chi connectivity index (χ4n) is 4.66. The van der Waals surface area contributed by atoms with Gasteiger partial charge in [-0.05, 0) is 42.4 Å². The minimum atomic E-state index is -0.0799. The molecular formula is C28H31BrN2O. The lowest BCUT2D eigenvalue weighted by Crippen LogP contribution is -2.44. The van der Waals surface area contributed by atoms with E-state index in [2.05, 4.69) is 94.6 Å². The molecule has 4 heteroatoms. The first kappa shape index (κ1) is 22.6. The lowest BCUT2D eigenvalue weighted by atomic mass is 9.85. The zero-order chi connectivity index (χ0) is 22.5. The van der Waals surface area contributed by atoms with Crippen molar-refractivity contribution in [2.24, 2.45) is 5.92 Å². The van der Waals surface area contributed by atoms with Gasteiger partial charge in [-0.15, -0.1) is 0 Å². The summed E-state index contributed by atoms with van der Waals surface area (Å²) in [6, 6.07) is 18.8. The van der Waals surface area contributed by atoms with E-state index < -0.39 is 0 Å². The Balaban J connectivity index is 1.68. The quantitative estimate of drug-likeness (QED) is 0.550. The van der Waals surface area contributed by atoms with Crippen molar-refractivity contribution in [3.63, 3.8) is 0 Å². The highest BCUT2D eigenvalue weighted by Crippen LogP contribution is 2.39. The third-order valence-corrected chi connectivity index (χ3v) is 6.91. The summed E-state index contributed by atoms with van der Waals surface area (Å²) in [4.78, 5) is 15.6. The molecular weight excluding hydrogens is 460 g/mol. The summed E-state index contributed by atoms with van der Waals surface area (Å²) in [7, 11) is 0. The number of rotatable bonds is 4. The van der Waals surface area contributed by atoms with E-state index in [1.165, 1.54) is 28.0 Å². The number of aryl methyl sites for hydroxylation is 2. The van der Waals surface area contributed by atoms with E-state index in [1.807, 2.05) is 18.2 Å². The summed E-state index contributed by atoms with van der Waals surface area (Å²) in [5.74, 6) is 0.511. The van der Waals surface area contributed by atoms with Gasteiger partial charge in [-0.25, -0.2) is 0 Å². The van der Waals surface area contributed by atoms with Gasteiger partial charge < -0.3 is 10.2 Å². The van der Waals surface area contributed by atoms with E-state index in [9.17, 15) is 4.79 Å². The second-order valence-electron chi connectivity index (χ2n) is 8.70. The van der Waals surface area contributed by atoms with Gasteiger partial charge >= 0.3 is 0 Å². The molecule has 0 radical (unpaired) electrons. The average molecular weight is 491 g/mol. The Morgan fingerprint density at radius 2 is 1.88 bits per heavy atom. The number of amides is 1. The van der Waals surface area contributed by atoms with Crippen LogP contribution in [0, 0.1) is 12.8 Å². The van der Waals surface area contributed by atoms with E-state index >= 15 is 0 Å². The molecule has 2 aromatic carbocycles. The standard InChI is InChI=1S/C28H31BrN2O/c1-20-10-13-23(14-11-20)28-27-25(21(2)19-24(29)9-6-17-30-27)16-18-31(28)26(32)15-12-22-7-4-3-5-8-22/h3-11,13-14,19,21,28,30H,12,15-18H2,1-2H3/b9-6-,24-19+. The Kier molecular flexibility index (Phi) is 7.31. The van der Waals surface area contributed by atoms with Gasteiger partial charge in [0, 0.05) is 29.7 Å². The van der Waals surface area contributed by atoms with Crippen molar-refractivity contribution >= 4 is 21.8 Å². The lowest BCUT2D eigenvalue weighted by Gasteiger charge is -2.41. The molecule has 2 unspecified atom stereocenters. The van der Waals surface area contributed by atoms with Crippen LogP contribution < -0.4 is 5.32 Å². The summed E-state index contributed by atoms with van der Waals surface area (Å²) in [5, 5.41) is 3.68. The van der Waals surface area contributed by atoms with Crippen LogP contribution in [0.5, 0.6) is 0 Å². The first-order valence-electron chi connectivity index (χ1n) is 11.4. The molecule has 32 heavy (non-hydrogen) atoms. The van der Waals surface area contributed by atoms with Crippen LogP contribution in [-0.2, 0) is 11.2 Å². The summed E-state index contributed by atoms with van der Waals surface area (Å²) >= 11 is 3.67. The third-order valence-electron chi connectivity index (χ3n) is 6.38. The third kappa shape index (κ3) is 5.24. The maximum absolute atomic E-state index is 13.5. The lowest BCUT2D eigenvalue weighted by molar-refractivity contribution is -0.133. The Bertz CT molecular complexity index is 1040. The fourth-order valence-corrected chi connectivity index (χ4v) is 5.24. The molecule has 1 N–H and O–H groups in total. The van der Waals surface area contributed by atoms with Crippen LogP contribution in [-0.4, -0.2) is 23.9 Å². The zero-order valence-electron chi connectivity index (χ0n) is 18.9. The summed E-state index contributed by atoms with van der Waals surface area (Å²) < 4.78 is 1.11. The highest BCUT2D eigenvalue weighted by molar-refractivity contribution is 9.11. The predicted molar refractivity (Wildman–Crippen MR) is 135 cm³/mol. The Hall–Kier alpha value is -2.59. The second kappa shape index (κ2) is 10.4. The number of halogens is 1. The van der Waals surface area contributed by atoms with Crippen molar-refractivity contribution in [2.45, 2.75) is 39.2 Å².